The number of hydrogen-bond acceptors (Lipinski definition) is 1. The summed E-state index contributed by atoms with van der Waals surface area (Å²) in [5.41, 5.74) is 0. The van der Waals surface area contributed by atoms with Crippen molar-refractivity contribution < 1.29 is 0 Å². The molecule has 1 aliphatic heterocycles. The van der Waals surface area contributed by atoms with Crippen molar-refractivity contribution in [2.75, 3.05) is 13.1 Å². The predicted octanol–water partition coefficient (Wildman–Crippen LogP) is 3.30. The third kappa shape index (κ3) is 3.27. The van der Waals surface area contributed by atoms with Gasteiger partial charge >= 0.3 is 0 Å². The second-order valence-corrected chi connectivity index (χ2v) is 5.41. The topological polar surface area (TPSA) is 12.0 Å². The molecule has 3 unspecified atom stereocenters. The van der Waals surface area contributed by atoms with Gasteiger partial charge in [-0.05, 0) is 49.6 Å². The van der Waals surface area contributed by atoms with Gasteiger partial charge in [-0.25, -0.2) is 0 Å². The molecule has 0 aromatic heterocycles. The highest BCUT2D eigenvalue weighted by atomic mass is 14.9. The molecule has 14 heavy (non-hydrogen) atoms. The SMILES string of the molecule is CCC(C(C)C)C1CCNCC(C)C1. The molecule has 3 atom stereocenters. The summed E-state index contributed by atoms with van der Waals surface area (Å²) in [5.74, 6) is 3.63. The maximum Gasteiger partial charge on any atom is -0.00230 e. The van der Waals surface area contributed by atoms with Crippen LogP contribution in [0.3, 0.4) is 0 Å². The molecule has 0 bridgehead atoms. The monoisotopic (exact) mass is 197 g/mol. The summed E-state index contributed by atoms with van der Waals surface area (Å²) in [6.07, 6.45) is 4.18. The van der Waals surface area contributed by atoms with E-state index in [1.165, 1.54) is 32.4 Å². The quantitative estimate of drug-likeness (QED) is 0.732. The zero-order valence-corrected chi connectivity index (χ0v) is 10.3. The normalized spacial score (nSPS) is 31.5. The Morgan fingerprint density at radius 1 is 1.36 bits per heavy atom. The molecule has 0 saturated carbocycles. The molecule has 1 aliphatic rings. The van der Waals surface area contributed by atoms with Gasteiger partial charge in [-0.3, -0.25) is 0 Å². The van der Waals surface area contributed by atoms with Crippen LogP contribution >= 0.6 is 0 Å². The minimum absolute atomic E-state index is 0.857. The molecule has 1 heterocycles. The molecule has 1 saturated heterocycles. The van der Waals surface area contributed by atoms with E-state index >= 15 is 0 Å². The summed E-state index contributed by atoms with van der Waals surface area (Å²) in [4.78, 5) is 0. The van der Waals surface area contributed by atoms with E-state index in [2.05, 4.69) is 33.0 Å². The van der Waals surface area contributed by atoms with Crippen LogP contribution < -0.4 is 5.32 Å². The van der Waals surface area contributed by atoms with Crippen LogP contribution in [0.25, 0.3) is 0 Å². The fraction of sp³-hybridized carbons (Fsp3) is 1.00. The van der Waals surface area contributed by atoms with Crippen molar-refractivity contribution in [1.82, 2.24) is 5.32 Å². The van der Waals surface area contributed by atoms with Crippen molar-refractivity contribution in [2.24, 2.45) is 23.7 Å². The molecule has 0 amide bonds. The highest BCUT2D eigenvalue weighted by Gasteiger charge is 2.25. The molecule has 1 N–H and O–H groups in total. The molecular formula is C13H27N. The van der Waals surface area contributed by atoms with Crippen LogP contribution in [-0.2, 0) is 0 Å². The lowest BCUT2D eigenvalue weighted by atomic mass is 9.76. The zero-order valence-electron chi connectivity index (χ0n) is 10.3. The number of rotatable bonds is 3. The summed E-state index contributed by atoms with van der Waals surface area (Å²) < 4.78 is 0. The molecular weight excluding hydrogens is 170 g/mol. The van der Waals surface area contributed by atoms with Crippen molar-refractivity contribution in [1.29, 1.82) is 0 Å². The van der Waals surface area contributed by atoms with Crippen molar-refractivity contribution in [2.45, 2.75) is 47.0 Å². The van der Waals surface area contributed by atoms with Crippen molar-refractivity contribution >= 4 is 0 Å². The molecule has 1 rings (SSSR count). The molecule has 0 aliphatic carbocycles. The first kappa shape index (κ1) is 12.0. The van der Waals surface area contributed by atoms with Gasteiger partial charge in [0, 0.05) is 0 Å². The van der Waals surface area contributed by atoms with Crippen molar-refractivity contribution in [3.63, 3.8) is 0 Å². The Morgan fingerprint density at radius 2 is 2.07 bits per heavy atom. The smallest absolute Gasteiger partial charge is 0.00230 e. The standard InChI is InChI=1S/C13H27N/c1-5-13(10(2)3)12-6-7-14-9-11(4)8-12/h10-14H,5-9H2,1-4H3. The zero-order chi connectivity index (χ0) is 10.6. The van der Waals surface area contributed by atoms with Gasteiger partial charge in [-0.15, -0.1) is 0 Å². The van der Waals surface area contributed by atoms with Gasteiger partial charge in [-0.2, -0.15) is 0 Å². The van der Waals surface area contributed by atoms with Gasteiger partial charge in [0.15, 0.2) is 0 Å². The molecule has 1 heteroatoms. The highest BCUT2D eigenvalue weighted by Crippen LogP contribution is 2.32. The van der Waals surface area contributed by atoms with E-state index in [4.69, 9.17) is 0 Å². The highest BCUT2D eigenvalue weighted by molar-refractivity contribution is 4.78. The molecule has 1 fully saturated rings. The lowest BCUT2D eigenvalue weighted by molar-refractivity contribution is 0.212. The summed E-state index contributed by atoms with van der Waals surface area (Å²) in [7, 11) is 0. The van der Waals surface area contributed by atoms with Gasteiger partial charge in [0.25, 0.3) is 0 Å². The number of hydrogen-bond donors (Lipinski definition) is 1. The van der Waals surface area contributed by atoms with E-state index < -0.39 is 0 Å². The maximum atomic E-state index is 3.54. The Hall–Kier alpha value is -0.0400. The third-order valence-corrected chi connectivity index (χ3v) is 3.82. The minimum Gasteiger partial charge on any atom is -0.316 e. The fourth-order valence-electron chi connectivity index (χ4n) is 3.09. The molecule has 0 radical (unpaired) electrons. The average molecular weight is 197 g/mol. The summed E-state index contributed by atoms with van der Waals surface area (Å²) >= 11 is 0. The number of nitrogens with one attached hydrogen (secondary N) is 1. The second-order valence-electron chi connectivity index (χ2n) is 5.41. The first-order valence-corrected chi connectivity index (χ1v) is 6.35. The average Bonchev–Trinajstić information content (AvgIpc) is 2.31. The first-order valence-electron chi connectivity index (χ1n) is 6.35. The summed E-state index contributed by atoms with van der Waals surface area (Å²) in [5, 5.41) is 3.54. The first-order chi connectivity index (χ1) is 6.65. The van der Waals surface area contributed by atoms with Crippen LogP contribution in [0, 0.1) is 23.7 Å². The Balaban J connectivity index is 2.54. The molecule has 0 spiro atoms. The lowest BCUT2D eigenvalue weighted by Gasteiger charge is -2.29. The Morgan fingerprint density at radius 3 is 2.64 bits per heavy atom. The summed E-state index contributed by atoms with van der Waals surface area (Å²) in [6, 6.07) is 0. The predicted molar refractivity (Wildman–Crippen MR) is 63.4 cm³/mol. The van der Waals surface area contributed by atoms with Crippen LogP contribution in [0.5, 0.6) is 0 Å². The maximum absolute atomic E-state index is 3.54. The van der Waals surface area contributed by atoms with Gasteiger partial charge in [0.2, 0.25) is 0 Å². The molecule has 0 aromatic rings. The lowest BCUT2D eigenvalue weighted by Crippen LogP contribution is -2.21. The van der Waals surface area contributed by atoms with E-state index in [0.717, 1.165) is 23.7 Å². The van der Waals surface area contributed by atoms with Crippen molar-refractivity contribution in [3.8, 4) is 0 Å². The third-order valence-electron chi connectivity index (χ3n) is 3.82. The van der Waals surface area contributed by atoms with Crippen LogP contribution in [-0.4, -0.2) is 13.1 Å². The van der Waals surface area contributed by atoms with Gasteiger partial charge < -0.3 is 5.32 Å². The van der Waals surface area contributed by atoms with E-state index in [-0.39, 0.29) is 0 Å². The molecule has 0 aromatic carbocycles. The second kappa shape index (κ2) is 5.75. The van der Waals surface area contributed by atoms with Crippen LogP contribution in [0.2, 0.25) is 0 Å². The fourth-order valence-corrected chi connectivity index (χ4v) is 3.09. The van der Waals surface area contributed by atoms with Crippen LogP contribution in [0.1, 0.15) is 47.0 Å². The van der Waals surface area contributed by atoms with E-state index in [1.54, 1.807) is 0 Å². The Bertz CT molecular complexity index is 153. The van der Waals surface area contributed by atoms with Gasteiger partial charge in [0.1, 0.15) is 0 Å². The summed E-state index contributed by atoms with van der Waals surface area (Å²) in [6.45, 7) is 12.0. The van der Waals surface area contributed by atoms with Crippen molar-refractivity contribution in [3.05, 3.63) is 0 Å². The van der Waals surface area contributed by atoms with E-state index in [9.17, 15) is 0 Å². The molecule has 1 nitrogen and oxygen atoms in total. The van der Waals surface area contributed by atoms with Gasteiger partial charge in [-0.1, -0.05) is 34.1 Å². The van der Waals surface area contributed by atoms with Crippen LogP contribution in [0.4, 0.5) is 0 Å². The van der Waals surface area contributed by atoms with Crippen LogP contribution in [0.15, 0.2) is 0 Å². The molecule has 84 valence electrons. The Labute approximate surface area is 89.7 Å². The Kier molecular flexibility index (Phi) is 4.94. The minimum atomic E-state index is 0.857. The van der Waals surface area contributed by atoms with Gasteiger partial charge in [0.05, 0.1) is 0 Å². The van der Waals surface area contributed by atoms with E-state index in [1.807, 2.05) is 0 Å². The van der Waals surface area contributed by atoms with E-state index in [0.29, 0.717) is 0 Å². The largest absolute Gasteiger partial charge is 0.316 e.